The lowest BCUT2D eigenvalue weighted by atomic mass is 10.1. The molecule has 0 spiro atoms. The fourth-order valence-electron chi connectivity index (χ4n) is 3.18. The van der Waals surface area contributed by atoms with E-state index in [9.17, 15) is 9.59 Å². The summed E-state index contributed by atoms with van der Waals surface area (Å²) in [5, 5.41) is 0. The van der Waals surface area contributed by atoms with Crippen LogP contribution >= 0.6 is 11.3 Å². The van der Waals surface area contributed by atoms with Crippen molar-refractivity contribution in [2.24, 2.45) is 5.73 Å². The summed E-state index contributed by atoms with van der Waals surface area (Å²) in [5.74, 6) is -0.297. The molecule has 2 N–H and O–H groups in total. The average Bonchev–Trinajstić information content (AvgIpc) is 3.40. The summed E-state index contributed by atoms with van der Waals surface area (Å²) in [6.45, 7) is 4.90. The van der Waals surface area contributed by atoms with Crippen LogP contribution in [-0.2, 0) is 19.4 Å². The maximum atomic E-state index is 13.2. The van der Waals surface area contributed by atoms with Gasteiger partial charge in [-0.05, 0) is 55.0 Å². The van der Waals surface area contributed by atoms with Gasteiger partial charge in [0.2, 0.25) is 5.91 Å². The molecule has 138 valence electrons. The van der Waals surface area contributed by atoms with Gasteiger partial charge in [-0.15, -0.1) is 11.3 Å². The highest BCUT2D eigenvalue weighted by molar-refractivity contribution is 7.14. The molecule has 1 fully saturated rings. The van der Waals surface area contributed by atoms with Crippen molar-refractivity contribution in [3.8, 4) is 0 Å². The summed E-state index contributed by atoms with van der Waals surface area (Å²) in [4.78, 5) is 28.6. The summed E-state index contributed by atoms with van der Waals surface area (Å²) in [5.41, 5.74) is 8.12. The third-order valence-corrected chi connectivity index (χ3v) is 6.03. The van der Waals surface area contributed by atoms with Crippen LogP contribution in [0.2, 0.25) is 0 Å². The van der Waals surface area contributed by atoms with Gasteiger partial charge in [0.1, 0.15) is 0 Å². The van der Waals surface area contributed by atoms with Crippen LogP contribution in [0.4, 0.5) is 0 Å². The molecule has 1 aromatic carbocycles. The molecule has 0 unspecified atom stereocenters. The Labute approximate surface area is 159 Å². The van der Waals surface area contributed by atoms with Crippen LogP contribution in [-0.4, -0.2) is 22.8 Å². The number of amides is 2. The summed E-state index contributed by atoms with van der Waals surface area (Å²) in [6.07, 6.45) is 5.24. The standard InChI is InChI=1S/C21H26N2O2S/c1-3-5-18-15(4-2)12-19(26-18)21(25)23(17-10-11-17)13-14-6-8-16(9-7-14)20(22)24/h6-9,12,17H,3-5,10-11,13H2,1-2H3,(H2,22,24). The first-order chi connectivity index (χ1) is 12.5. The second-order valence-electron chi connectivity index (χ2n) is 6.89. The van der Waals surface area contributed by atoms with E-state index in [1.807, 2.05) is 17.0 Å². The van der Waals surface area contributed by atoms with E-state index in [-0.39, 0.29) is 5.91 Å². The van der Waals surface area contributed by atoms with E-state index in [4.69, 9.17) is 5.73 Å². The quantitative estimate of drug-likeness (QED) is 0.758. The normalized spacial score (nSPS) is 13.6. The Bertz CT molecular complexity index is 791. The number of hydrogen-bond acceptors (Lipinski definition) is 3. The van der Waals surface area contributed by atoms with Crippen molar-refractivity contribution in [3.63, 3.8) is 0 Å². The van der Waals surface area contributed by atoms with Crippen LogP contribution in [0.25, 0.3) is 0 Å². The van der Waals surface area contributed by atoms with Crippen molar-refractivity contribution < 1.29 is 9.59 Å². The molecule has 0 radical (unpaired) electrons. The van der Waals surface area contributed by atoms with E-state index < -0.39 is 5.91 Å². The van der Waals surface area contributed by atoms with E-state index >= 15 is 0 Å². The molecule has 0 aliphatic heterocycles. The average molecular weight is 371 g/mol. The number of aryl methyl sites for hydroxylation is 2. The first-order valence-electron chi connectivity index (χ1n) is 9.34. The molecule has 1 aromatic heterocycles. The number of thiophene rings is 1. The SMILES string of the molecule is CCCc1sc(C(=O)N(Cc2ccc(C(N)=O)cc2)C2CC2)cc1CC. The summed E-state index contributed by atoms with van der Waals surface area (Å²) in [6, 6.07) is 9.65. The first-order valence-corrected chi connectivity index (χ1v) is 10.2. The molecule has 0 saturated heterocycles. The van der Waals surface area contributed by atoms with Crippen LogP contribution in [0, 0.1) is 0 Å². The Morgan fingerprint density at radius 2 is 1.88 bits per heavy atom. The van der Waals surface area contributed by atoms with Crippen molar-refractivity contribution >= 4 is 23.2 Å². The second kappa shape index (κ2) is 8.04. The van der Waals surface area contributed by atoms with Crippen LogP contribution in [0.1, 0.15) is 69.1 Å². The predicted octanol–water partition coefficient (Wildman–Crippen LogP) is 4.17. The van der Waals surface area contributed by atoms with Crippen molar-refractivity contribution in [2.45, 2.75) is 58.5 Å². The smallest absolute Gasteiger partial charge is 0.264 e. The largest absolute Gasteiger partial charge is 0.366 e. The van der Waals surface area contributed by atoms with Gasteiger partial charge in [0, 0.05) is 23.0 Å². The zero-order chi connectivity index (χ0) is 18.7. The zero-order valence-corrected chi connectivity index (χ0v) is 16.3. The van der Waals surface area contributed by atoms with E-state index in [1.54, 1.807) is 23.5 Å². The van der Waals surface area contributed by atoms with Gasteiger partial charge in [0.25, 0.3) is 5.91 Å². The second-order valence-corrected chi connectivity index (χ2v) is 8.02. The molecule has 1 aliphatic carbocycles. The lowest BCUT2D eigenvalue weighted by Crippen LogP contribution is -2.32. The molecule has 0 bridgehead atoms. The third-order valence-electron chi connectivity index (χ3n) is 4.81. The Kier molecular flexibility index (Phi) is 5.77. The van der Waals surface area contributed by atoms with E-state index in [0.717, 1.165) is 42.5 Å². The number of primary amides is 1. The predicted molar refractivity (Wildman–Crippen MR) is 106 cm³/mol. The third kappa shape index (κ3) is 4.15. The Balaban J connectivity index is 1.79. The molecule has 0 atom stereocenters. The Morgan fingerprint density at radius 3 is 2.42 bits per heavy atom. The van der Waals surface area contributed by atoms with Gasteiger partial charge in [0.15, 0.2) is 0 Å². The molecule has 26 heavy (non-hydrogen) atoms. The molecule has 1 aliphatic rings. The van der Waals surface area contributed by atoms with Crippen molar-refractivity contribution in [1.82, 2.24) is 4.90 Å². The van der Waals surface area contributed by atoms with E-state index in [1.165, 1.54) is 10.4 Å². The van der Waals surface area contributed by atoms with Crippen molar-refractivity contribution in [2.75, 3.05) is 0 Å². The van der Waals surface area contributed by atoms with E-state index in [0.29, 0.717) is 18.2 Å². The number of carbonyl (C=O) groups is 2. The van der Waals surface area contributed by atoms with Crippen LogP contribution in [0.15, 0.2) is 30.3 Å². The van der Waals surface area contributed by atoms with Gasteiger partial charge < -0.3 is 10.6 Å². The monoisotopic (exact) mass is 370 g/mol. The Hall–Kier alpha value is -2.14. The van der Waals surface area contributed by atoms with Gasteiger partial charge in [-0.25, -0.2) is 0 Å². The van der Waals surface area contributed by atoms with Gasteiger partial charge in [-0.3, -0.25) is 9.59 Å². The van der Waals surface area contributed by atoms with Crippen LogP contribution < -0.4 is 5.73 Å². The highest BCUT2D eigenvalue weighted by Crippen LogP contribution is 2.33. The number of carbonyl (C=O) groups excluding carboxylic acids is 2. The van der Waals surface area contributed by atoms with Crippen molar-refractivity contribution in [1.29, 1.82) is 0 Å². The van der Waals surface area contributed by atoms with Gasteiger partial charge >= 0.3 is 0 Å². The molecule has 2 amide bonds. The molecule has 4 nitrogen and oxygen atoms in total. The minimum atomic E-state index is -0.430. The van der Waals surface area contributed by atoms with Gasteiger partial charge in [-0.2, -0.15) is 0 Å². The topological polar surface area (TPSA) is 63.4 Å². The lowest BCUT2D eigenvalue weighted by molar-refractivity contribution is 0.0734. The molecule has 2 aromatic rings. The highest BCUT2D eigenvalue weighted by atomic mass is 32.1. The highest BCUT2D eigenvalue weighted by Gasteiger charge is 2.34. The van der Waals surface area contributed by atoms with Gasteiger partial charge in [0.05, 0.1) is 4.88 Å². The molecule has 5 heteroatoms. The lowest BCUT2D eigenvalue weighted by Gasteiger charge is -2.22. The number of nitrogens with two attached hydrogens (primary N) is 1. The summed E-state index contributed by atoms with van der Waals surface area (Å²) < 4.78 is 0. The number of hydrogen-bond donors (Lipinski definition) is 1. The fourth-order valence-corrected chi connectivity index (χ4v) is 4.49. The maximum Gasteiger partial charge on any atom is 0.264 e. The minimum absolute atomic E-state index is 0.133. The number of nitrogens with zero attached hydrogens (tertiary/aromatic N) is 1. The van der Waals surface area contributed by atoms with E-state index in [2.05, 4.69) is 19.9 Å². The minimum Gasteiger partial charge on any atom is -0.366 e. The summed E-state index contributed by atoms with van der Waals surface area (Å²) >= 11 is 1.65. The molecule has 1 heterocycles. The fraction of sp³-hybridized carbons (Fsp3) is 0.429. The van der Waals surface area contributed by atoms with Gasteiger partial charge in [-0.1, -0.05) is 32.4 Å². The molecule has 3 rings (SSSR count). The zero-order valence-electron chi connectivity index (χ0n) is 15.5. The molecular formula is C21H26N2O2S. The molecular weight excluding hydrogens is 344 g/mol. The molecule has 1 saturated carbocycles. The Morgan fingerprint density at radius 1 is 1.19 bits per heavy atom. The number of rotatable bonds is 8. The number of benzene rings is 1. The summed E-state index contributed by atoms with van der Waals surface area (Å²) in [7, 11) is 0. The van der Waals surface area contributed by atoms with Crippen molar-refractivity contribution in [3.05, 3.63) is 56.8 Å². The van der Waals surface area contributed by atoms with Crippen LogP contribution in [0.5, 0.6) is 0 Å². The maximum absolute atomic E-state index is 13.2. The first kappa shape index (κ1) is 18.6. The van der Waals surface area contributed by atoms with Crippen LogP contribution in [0.3, 0.4) is 0 Å².